The van der Waals surface area contributed by atoms with Gasteiger partial charge in [-0.15, -0.1) is 0 Å². The quantitative estimate of drug-likeness (QED) is 0.1000. The van der Waals surface area contributed by atoms with E-state index in [1.165, 1.54) is 0 Å². The lowest BCUT2D eigenvalue weighted by Gasteiger charge is -2.11. The monoisotopic (exact) mass is 491 g/mol. The van der Waals surface area contributed by atoms with E-state index in [0.717, 1.165) is 11.1 Å². The fourth-order valence-corrected chi connectivity index (χ4v) is 2.37. The fourth-order valence-electron chi connectivity index (χ4n) is 2.37. The van der Waals surface area contributed by atoms with E-state index >= 15 is 0 Å². The smallest absolute Gasteiger partial charge is 0.351 e. The number of oxime groups is 2. The molecule has 0 aliphatic heterocycles. The number of amidine groups is 3. The molecule has 1 unspecified atom stereocenters. The fraction of sp³-hybridized carbons (Fsp3) is 0.154. The van der Waals surface area contributed by atoms with Crippen LogP contribution < -0.4 is 22.9 Å². The molecule has 36 heavy (non-hydrogen) atoms. The van der Waals surface area contributed by atoms with Crippen LogP contribution in [0.3, 0.4) is 0 Å². The molecular formula is C26H33N7O3. The minimum atomic E-state index is -0.692. The van der Waals surface area contributed by atoms with Crippen LogP contribution in [0.1, 0.15) is 30.5 Å². The zero-order valence-electron chi connectivity index (χ0n) is 20.3. The first kappa shape index (κ1) is 29.3. The molecule has 0 aliphatic carbocycles. The lowest BCUT2D eigenvalue weighted by molar-refractivity contribution is -0.146. The third-order valence-electron chi connectivity index (χ3n) is 4.56. The number of rotatable bonds is 6. The Bertz CT molecular complexity index is 1120. The Kier molecular flexibility index (Phi) is 13.0. The largest absolute Gasteiger partial charge is 0.409 e. The third kappa shape index (κ3) is 10.9. The van der Waals surface area contributed by atoms with Crippen molar-refractivity contribution in [3.05, 3.63) is 108 Å². The first-order chi connectivity index (χ1) is 17.2. The maximum absolute atomic E-state index is 11.4. The Morgan fingerprint density at radius 1 is 0.778 bits per heavy atom. The summed E-state index contributed by atoms with van der Waals surface area (Å²) >= 11 is 0. The molecule has 0 spiro atoms. The van der Waals surface area contributed by atoms with Gasteiger partial charge in [0.1, 0.15) is 11.9 Å². The van der Waals surface area contributed by atoms with Gasteiger partial charge in [0.05, 0.1) is 0 Å². The molecule has 10 nitrogen and oxygen atoms in total. The van der Waals surface area contributed by atoms with Gasteiger partial charge in [-0.05, 0) is 5.92 Å². The van der Waals surface area contributed by atoms with Crippen molar-refractivity contribution in [1.82, 2.24) is 0 Å². The zero-order chi connectivity index (χ0) is 26.9. The number of benzene rings is 3. The van der Waals surface area contributed by atoms with Gasteiger partial charge in [0.25, 0.3) is 0 Å². The van der Waals surface area contributed by atoms with Gasteiger partial charge in [0.2, 0.25) is 0 Å². The molecule has 0 radical (unpaired) electrons. The van der Waals surface area contributed by atoms with Crippen molar-refractivity contribution in [1.29, 1.82) is 5.41 Å². The number of nitrogens with zero attached hydrogens (tertiary/aromatic N) is 2. The molecule has 0 amide bonds. The second kappa shape index (κ2) is 16.0. The maximum Gasteiger partial charge on any atom is 0.351 e. The van der Waals surface area contributed by atoms with Crippen molar-refractivity contribution in [3.63, 3.8) is 0 Å². The van der Waals surface area contributed by atoms with Crippen LogP contribution in [-0.4, -0.2) is 34.7 Å². The highest BCUT2D eigenvalue weighted by Crippen LogP contribution is 2.02. The third-order valence-corrected chi connectivity index (χ3v) is 4.56. The molecule has 10 N–H and O–H groups in total. The van der Waals surface area contributed by atoms with Crippen LogP contribution >= 0.6 is 0 Å². The Morgan fingerprint density at radius 3 is 1.50 bits per heavy atom. The van der Waals surface area contributed by atoms with Crippen LogP contribution in [0.15, 0.2) is 101 Å². The SMILES string of the molecule is CC(C)C(N)C(=O)O/N=C(\N)c1ccccc1.N/C(=N\O)c1ccccc1.N=C(N)c1ccccc1. The van der Waals surface area contributed by atoms with E-state index in [1.807, 2.05) is 80.6 Å². The molecule has 0 bridgehead atoms. The highest BCUT2D eigenvalue weighted by Gasteiger charge is 2.19. The first-order valence-electron chi connectivity index (χ1n) is 10.9. The van der Waals surface area contributed by atoms with Gasteiger partial charge in [-0.1, -0.05) is 115 Å². The number of hydrogen-bond donors (Lipinski definition) is 6. The van der Waals surface area contributed by atoms with Crippen molar-refractivity contribution in [3.8, 4) is 0 Å². The van der Waals surface area contributed by atoms with E-state index in [9.17, 15) is 4.79 Å². The average molecular weight is 492 g/mol. The van der Waals surface area contributed by atoms with Crippen LogP contribution in [-0.2, 0) is 9.63 Å². The molecule has 0 saturated carbocycles. The molecule has 0 fully saturated rings. The molecule has 10 heteroatoms. The summed E-state index contributed by atoms with van der Waals surface area (Å²) in [6, 6.07) is 26.6. The van der Waals surface area contributed by atoms with Gasteiger partial charge in [-0.2, -0.15) is 0 Å². The van der Waals surface area contributed by atoms with Crippen LogP contribution in [0, 0.1) is 11.3 Å². The minimum absolute atomic E-state index is 0.00403. The molecule has 1 atom stereocenters. The van der Waals surface area contributed by atoms with Crippen LogP contribution in [0.5, 0.6) is 0 Å². The summed E-state index contributed by atoms with van der Waals surface area (Å²) in [7, 11) is 0. The second-order valence-electron chi connectivity index (χ2n) is 7.65. The van der Waals surface area contributed by atoms with E-state index in [-0.39, 0.29) is 23.4 Å². The summed E-state index contributed by atoms with van der Waals surface area (Å²) in [5.74, 6) is -0.180. The molecule has 0 heterocycles. The summed E-state index contributed by atoms with van der Waals surface area (Å²) < 4.78 is 0. The van der Waals surface area contributed by atoms with Crippen molar-refractivity contribution >= 4 is 23.5 Å². The van der Waals surface area contributed by atoms with Gasteiger partial charge < -0.3 is 33.0 Å². The summed E-state index contributed by atoms with van der Waals surface area (Å²) in [5.41, 5.74) is 23.9. The summed E-state index contributed by atoms with van der Waals surface area (Å²) in [4.78, 5) is 16.1. The van der Waals surface area contributed by atoms with Gasteiger partial charge in [-0.25, -0.2) is 4.79 Å². The molecule has 0 saturated heterocycles. The topological polar surface area (TPSA) is 199 Å². The summed E-state index contributed by atoms with van der Waals surface area (Å²) in [6.07, 6.45) is 0. The number of nitrogen functional groups attached to an aromatic ring is 1. The first-order valence-corrected chi connectivity index (χ1v) is 10.9. The number of nitrogens with two attached hydrogens (primary N) is 4. The Labute approximate surface area is 210 Å². The van der Waals surface area contributed by atoms with Crippen molar-refractivity contribution < 1.29 is 14.8 Å². The van der Waals surface area contributed by atoms with Crippen molar-refractivity contribution in [2.24, 2.45) is 39.2 Å². The molecule has 3 aromatic rings. The Balaban J connectivity index is 0.000000290. The highest BCUT2D eigenvalue weighted by atomic mass is 16.7. The normalized spacial score (nSPS) is 11.8. The zero-order valence-corrected chi connectivity index (χ0v) is 20.3. The van der Waals surface area contributed by atoms with E-state index in [1.54, 1.807) is 24.3 Å². The van der Waals surface area contributed by atoms with E-state index in [4.69, 9.17) is 33.6 Å². The second-order valence-corrected chi connectivity index (χ2v) is 7.65. The number of carbonyl (C=O) groups is 1. The molecule has 3 rings (SSSR count). The average Bonchev–Trinajstić information content (AvgIpc) is 2.92. The summed E-state index contributed by atoms with van der Waals surface area (Å²) in [6.45, 7) is 3.66. The number of nitrogens with one attached hydrogen (secondary N) is 1. The Morgan fingerprint density at radius 2 is 1.17 bits per heavy atom. The molecule has 0 aliphatic rings. The standard InChI is InChI=1S/C12H17N3O2.C7H8N2O.C7H8N2/c1-8(2)10(13)12(16)17-15-11(14)9-6-4-3-5-7-9;8-7(9-10)6-4-2-1-3-5-6;8-7(9)6-4-2-1-3-5-6/h3-8,10H,13H2,1-2H3,(H2,14,15);1-5,10H,(H2,8,9);1-5H,(H3,8,9). The van der Waals surface area contributed by atoms with Gasteiger partial charge >= 0.3 is 5.97 Å². The molecule has 0 aromatic heterocycles. The summed E-state index contributed by atoms with van der Waals surface area (Å²) in [5, 5.41) is 21.7. The maximum atomic E-state index is 11.4. The van der Waals surface area contributed by atoms with Crippen molar-refractivity contribution in [2.45, 2.75) is 19.9 Å². The predicted molar refractivity (Wildman–Crippen MR) is 142 cm³/mol. The minimum Gasteiger partial charge on any atom is -0.409 e. The number of hydrogen-bond acceptors (Lipinski definition) is 7. The van der Waals surface area contributed by atoms with Crippen molar-refractivity contribution in [2.75, 3.05) is 0 Å². The van der Waals surface area contributed by atoms with Gasteiger partial charge in [0, 0.05) is 16.7 Å². The van der Waals surface area contributed by atoms with Gasteiger partial charge in [-0.3, -0.25) is 5.41 Å². The number of carbonyl (C=O) groups excluding carboxylic acids is 1. The highest BCUT2D eigenvalue weighted by molar-refractivity contribution is 5.97. The van der Waals surface area contributed by atoms with E-state index in [2.05, 4.69) is 15.1 Å². The lowest BCUT2D eigenvalue weighted by atomic mass is 10.1. The van der Waals surface area contributed by atoms with Crippen LogP contribution in [0.2, 0.25) is 0 Å². The van der Waals surface area contributed by atoms with Crippen LogP contribution in [0.4, 0.5) is 0 Å². The van der Waals surface area contributed by atoms with Crippen LogP contribution in [0.25, 0.3) is 0 Å². The van der Waals surface area contributed by atoms with E-state index in [0.29, 0.717) is 5.56 Å². The molecule has 3 aromatic carbocycles. The Hall–Kier alpha value is -4.70. The van der Waals surface area contributed by atoms with Gasteiger partial charge in [0.15, 0.2) is 11.7 Å². The lowest BCUT2D eigenvalue weighted by Crippen LogP contribution is -2.36. The molecular weight excluding hydrogens is 458 g/mol. The van der Waals surface area contributed by atoms with E-state index < -0.39 is 12.0 Å². The predicted octanol–water partition coefficient (Wildman–Crippen LogP) is 2.59. The molecule has 190 valence electrons.